The van der Waals surface area contributed by atoms with Gasteiger partial charge in [0.1, 0.15) is 0 Å². The van der Waals surface area contributed by atoms with Crippen LogP contribution in [0.15, 0.2) is 84.9 Å². The van der Waals surface area contributed by atoms with Crippen molar-refractivity contribution in [3.8, 4) is 0 Å². The summed E-state index contributed by atoms with van der Waals surface area (Å²) >= 11 is 28.4. The molecule has 1 aliphatic carbocycles. The minimum atomic E-state index is -0.538. The van der Waals surface area contributed by atoms with Crippen LogP contribution in [0.1, 0.15) is 139 Å². The Morgan fingerprint density at radius 1 is 0.646 bits per heavy atom. The van der Waals surface area contributed by atoms with Crippen LogP contribution >= 0.6 is 58.0 Å². The lowest BCUT2D eigenvalue weighted by molar-refractivity contribution is 0.0673. The highest BCUT2D eigenvalue weighted by Crippen LogP contribution is 2.38. The van der Waals surface area contributed by atoms with E-state index in [1.165, 1.54) is 50.3 Å². The van der Waals surface area contributed by atoms with Crippen molar-refractivity contribution in [1.29, 1.82) is 0 Å². The van der Waals surface area contributed by atoms with Crippen LogP contribution in [0.5, 0.6) is 0 Å². The second-order valence-electron chi connectivity index (χ2n) is 17.3. The van der Waals surface area contributed by atoms with Gasteiger partial charge in [0.05, 0.1) is 20.1 Å². The minimum absolute atomic E-state index is 0.0338. The lowest BCUT2D eigenvalue weighted by atomic mass is 9.83. The standard InChI is InChI=1S/C21H20Cl2N2O2.C14H18N2O.C7H3Cl3O.C7H14.C2H7N/c22-16-6-5-14(13-17(16)23)20(27)25-11-9-21(10-12-25)8-7-19(26)15-3-1-2-4-18(15)24-21;17-13-5-6-14(7-9-15-10-8-14)16-12-4-2-1-3-11(12)13;8-5-2-1-4(7(10)11)3-6(5)9;1-2-7-5-3-4-6-7;1-2-3/h1-6,13,24H,7-12H2;1-4,15-16H,5-10H2;1-3H;7H,2-6H2,1H3;2-3H2,1H3. The number of nitrogens with two attached hydrogens (primary N) is 1. The van der Waals surface area contributed by atoms with E-state index in [0.29, 0.717) is 57.1 Å². The van der Waals surface area contributed by atoms with Gasteiger partial charge in [0.15, 0.2) is 11.6 Å². The molecule has 0 bridgehead atoms. The number of hydrogen-bond acceptors (Lipinski definition) is 8. The van der Waals surface area contributed by atoms with Crippen LogP contribution in [0.3, 0.4) is 0 Å². The molecule has 0 aromatic heterocycles. The molecule has 2 saturated heterocycles. The van der Waals surface area contributed by atoms with Crippen molar-refractivity contribution >= 4 is 92.1 Å². The van der Waals surface area contributed by atoms with Gasteiger partial charge in [-0.3, -0.25) is 19.2 Å². The fourth-order valence-corrected chi connectivity index (χ4v) is 9.70. The van der Waals surface area contributed by atoms with Crippen molar-refractivity contribution in [3.05, 3.63) is 127 Å². The summed E-state index contributed by atoms with van der Waals surface area (Å²) in [6.45, 7) is 8.33. The van der Waals surface area contributed by atoms with E-state index in [4.69, 9.17) is 63.7 Å². The molecule has 350 valence electrons. The number of carbonyl (C=O) groups is 4. The molecule has 4 heterocycles. The predicted octanol–water partition coefficient (Wildman–Crippen LogP) is 13.2. The third kappa shape index (κ3) is 14.9. The number of likely N-dealkylation sites (tertiary alicyclic amines) is 1. The maximum absolute atomic E-state index is 12.8. The molecule has 1 amide bonds. The van der Waals surface area contributed by atoms with Crippen LogP contribution in [-0.4, -0.2) is 71.4 Å². The molecule has 0 radical (unpaired) electrons. The molecule has 4 aromatic carbocycles. The van der Waals surface area contributed by atoms with Crippen molar-refractivity contribution in [1.82, 2.24) is 10.2 Å². The molecule has 1 saturated carbocycles. The Bertz CT molecular complexity index is 2240. The average molecular weight is 986 g/mol. The zero-order chi connectivity index (χ0) is 47.0. The van der Waals surface area contributed by atoms with Gasteiger partial charge >= 0.3 is 0 Å². The van der Waals surface area contributed by atoms with E-state index < -0.39 is 5.24 Å². The maximum Gasteiger partial charge on any atom is 0.253 e. The zero-order valence-electron chi connectivity index (χ0n) is 37.4. The summed E-state index contributed by atoms with van der Waals surface area (Å²) in [5.41, 5.74) is 9.30. The number of ketones is 2. The number of piperidine rings is 2. The van der Waals surface area contributed by atoms with Crippen LogP contribution in [-0.2, 0) is 0 Å². The Morgan fingerprint density at radius 3 is 1.54 bits per heavy atom. The lowest BCUT2D eigenvalue weighted by Gasteiger charge is -2.42. The number of hydrogen-bond donors (Lipinski definition) is 4. The van der Waals surface area contributed by atoms with Gasteiger partial charge in [-0.15, -0.1) is 0 Å². The first kappa shape index (κ1) is 52.3. The number of anilines is 2. The Balaban J connectivity index is 0.000000177. The number of nitrogens with one attached hydrogen (secondary N) is 3. The lowest BCUT2D eigenvalue weighted by Crippen LogP contribution is -2.50. The number of Topliss-reactive ketones (excluding diaryl/α,β-unsaturated/α-hetero) is 2. The van der Waals surface area contributed by atoms with Crippen molar-refractivity contribution in [2.75, 3.05) is 43.4 Å². The molecule has 2 spiro atoms. The van der Waals surface area contributed by atoms with E-state index in [1.54, 1.807) is 18.2 Å². The highest BCUT2D eigenvalue weighted by atomic mass is 35.5. The third-order valence-corrected chi connectivity index (χ3v) is 14.5. The SMILES string of the molecule is CCC1CCCC1.CCN.O=C(Cl)c1ccc(Cl)c(Cl)c1.O=C1CCC2(CCN(C(=O)c3ccc(Cl)c(Cl)c3)CC2)Nc2ccccc21.O=C1CCC2(CCNCC2)Nc2ccccc21. The van der Waals surface area contributed by atoms with E-state index in [-0.39, 0.29) is 28.6 Å². The predicted molar refractivity (Wildman–Crippen MR) is 270 cm³/mol. The summed E-state index contributed by atoms with van der Waals surface area (Å²) in [5.74, 6) is 1.53. The van der Waals surface area contributed by atoms with Crippen LogP contribution in [0.2, 0.25) is 20.1 Å². The van der Waals surface area contributed by atoms with Gasteiger partial charge in [-0.2, -0.15) is 0 Å². The number of rotatable bonds is 3. The largest absolute Gasteiger partial charge is 0.379 e. The molecular weight excluding hydrogens is 924 g/mol. The van der Waals surface area contributed by atoms with E-state index in [1.807, 2.05) is 60.4 Å². The number of benzene rings is 4. The van der Waals surface area contributed by atoms with Crippen LogP contribution in [0.4, 0.5) is 11.4 Å². The molecule has 14 heteroatoms. The molecule has 5 N–H and O–H groups in total. The molecule has 65 heavy (non-hydrogen) atoms. The summed E-state index contributed by atoms with van der Waals surface area (Å²) < 4.78 is 0. The number of para-hydroxylation sites is 2. The molecule has 0 unspecified atom stereocenters. The number of fused-ring (bicyclic) bond motifs is 2. The quantitative estimate of drug-likeness (QED) is 0.149. The highest BCUT2D eigenvalue weighted by molar-refractivity contribution is 6.67. The van der Waals surface area contributed by atoms with Crippen molar-refractivity contribution in [3.63, 3.8) is 0 Å². The summed E-state index contributed by atoms with van der Waals surface area (Å²) in [4.78, 5) is 49.7. The Hall–Kier alpha value is -3.67. The van der Waals surface area contributed by atoms with E-state index in [0.717, 1.165) is 86.6 Å². The highest BCUT2D eigenvalue weighted by Gasteiger charge is 2.39. The summed E-state index contributed by atoms with van der Waals surface area (Å²) in [6, 6.07) is 25.1. The zero-order valence-corrected chi connectivity index (χ0v) is 41.2. The second-order valence-corrected chi connectivity index (χ2v) is 19.3. The summed E-state index contributed by atoms with van der Waals surface area (Å²) in [7, 11) is 0. The van der Waals surface area contributed by atoms with Gasteiger partial charge in [-0.25, -0.2) is 0 Å². The summed E-state index contributed by atoms with van der Waals surface area (Å²) in [5, 5.41) is 11.7. The minimum Gasteiger partial charge on any atom is -0.379 e. The van der Waals surface area contributed by atoms with E-state index >= 15 is 0 Å². The maximum atomic E-state index is 12.8. The molecule has 4 aromatic rings. The van der Waals surface area contributed by atoms with Crippen molar-refractivity contribution in [2.24, 2.45) is 11.7 Å². The van der Waals surface area contributed by atoms with Gasteiger partial charge in [-0.1, -0.05) is 117 Å². The average Bonchev–Trinajstić information content (AvgIpc) is 3.76. The first-order chi connectivity index (χ1) is 31.2. The van der Waals surface area contributed by atoms with Gasteiger partial charge in [0.2, 0.25) is 0 Å². The molecule has 9 rings (SSSR count). The smallest absolute Gasteiger partial charge is 0.253 e. The third-order valence-electron chi connectivity index (χ3n) is 12.8. The van der Waals surface area contributed by atoms with Crippen LogP contribution < -0.4 is 21.7 Å². The molecular formula is C51H62Cl5N5O4. The Morgan fingerprint density at radius 2 is 1.09 bits per heavy atom. The number of nitrogens with zero attached hydrogens (tertiary/aromatic N) is 1. The molecule has 5 aliphatic rings. The van der Waals surface area contributed by atoms with Gasteiger partial charge in [0, 0.05) is 70.6 Å². The normalized spacial score (nSPS) is 18.1. The van der Waals surface area contributed by atoms with Crippen LogP contribution in [0, 0.1) is 5.92 Å². The van der Waals surface area contributed by atoms with Gasteiger partial charge in [-0.05, 0) is 136 Å². The fraction of sp³-hybridized carbons (Fsp3) is 0.451. The Labute approximate surface area is 409 Å². The summed E-state index contributed by atoms with van der Waals surface area (Å²) in [6.07, 6.45) is 14.2. The van der Waals surface area contributed by atoms with Crippen LogP contribution in [0.25, 0.3) is 0 Å². The van der Waals surface area contributed by atoms with Gasteiger partial charge < -0.3 is 26.6 Å². The van der Waals surface area contributed by atoms with E-state index in [2.05, 4.69) is 22.9 Å². The number of halogens is 5. The second kappa shape index (κ2) is 25.5. The monoisotopic (exact) mass is 983 g/mol. The molecule has 4 aliphatic heterocycles. The van der Waals surface area contributed by atoms with E-state index in [9.17, 15) is 19.2 Å². The first-order valence-electron chi connectivity index (χ1n) is 22.8. The number of carbonyl (C=O) groups excluding carboxylic acids is 4. The van der Waals surface area contributed by atoms with Gasteiger partial charge in [0.25, 0.3) is 11.1 Å². The molecule has 9 nitrogen and oxygen atoms in total. The topological polar surface area (TPSA) is 134 Å². The number of amides is 1. The first-order valence-corrected chi connectivity index (χ1v) is 24.7. The van der Waals surface area contributed by atoms with Crippen molar-refractivity contribution < 1.29 is 19.2 Å². The molecule has 3 fully saturated rings. The fourth-order valence-electron chi connectivity index (χ4n) is 8.98. The van der Waals surface area contributed by atoms with Crippen molar-refractivity contribution in [2.45, 2.75) is 108 Å². The Kier molecular flexibility index (Phi) is 20.5. The molecule has 0 atom stereocenters.